The molecule has 4 nitrogen and oxygen atoms in total. The lowest BCUT2D eigenvalue weighted by atomic mass is 10.2. The van der Waals surface area contributed by atoms with Gasteiger partial charge in [0.15, 0.2) is 5.82 Å². The maximum absolute atomic E-state index is 13.2. The van der Waals surface area contributed by atoms with Crippen LogP contribution in [0.4, 0.5) is 10.2 Å². The summed E-state index contributed by atoms with van der Waals surface area (Å²) >= 11 is 3.14. The number of anilines is 1. The predicted molar refractivity (Wildman–Crippen MR) is 70.1 cm³/mol. The number of H-pyrrole nitrogens is 1. The number of hydrogen-bond donors (Lipinski definition) is 2. The van der Waals surface area contributed by atoms with Crippen molar-refractivity contribution < 1.29 is 9.18 Å². The topological polar surface area (TPSA) is 57.8 Å². The summed E-state index contributed by atoms with van der Waals surface area (Å²) in [6.45, 7) is 3.70. The Hall–Kier alpha value is -1.69. The van der Waals surface area contributed by atoms with Crippen LogP contribution in [-0.2, 0) is 0 Å². The van der Waals surface area contributed by atoms with Crippen LogP contribution in [0, 0.1) is 19.7 Å². The van der Waals surface area contributed by atoms with Crippen molar-refractivity contribution in [3.63, 3.8) is 0 Å². The number of carbonyl (C=O) groups excluding carboxylic acids is 1. The lowest BCUT2D eigenvalue weighted by molar-refractivity contribution is 0.102. The number of nitrogens with one attached hydrogen (secondary N) is 2. The quantitative estimate of drug-likeness (QED) is 0.895. The van der Waals surface area contributed by atoms with Gasteiger partial charge in [-0.15, -0.1) is 0 Å². The molecule has 18 heavy (non-hydrogen) atoms. The number of rotatable bonds is 2. The minimum absolute atomic E-state index is 0.238. The minimum Gasteiger partial charge on any atom is -0.305 e. The maximum Gasteiger partial charge on any atom is 0.257 e. The third-order valence-corrected chi connectivity index (χ3v) is 3.07. The molecule has 0 saturated heterocycles. The smallest absolute Gasteiger partial charge is 0.257 e. The highest BCUT2D eigenvalue weighted by molar-refractivity contribution is 9.10. The number of halogens is 2. The first-order valence-electron chi connectivity index (χ1n) is 5.26. The zero-order chi connectivity index (χ0) is 13.3. The fraction of sp³-hybridized carbons (Fsp3) is 0.167. The van der Waals surface area contributed by atoms with Crippen molar-refractivity contribution >= 4 is 27.7 Å². The molecule has 0 unspecified atom stereocenters. The highest BCUT2D eigenvalue weighted by Crippen LogP contribution is 2.18. The Balaban J connectivity index is 2.24. The van der Waals surface area contributed by atoms with Crippen molar-refractivity contribution in [1.82, 2.24) is 10.2 Å². The molecule has 6 heteroatoms. The number of carbonyl (C=O) groups is 1. The maximum atomic E-state index is 13.2. The van der Waals surface area contributed by atoms with E-state index in [9.17, 15) is 9.18 Å². The first-order valence-corrected chi connectivity index (χ1v) is 6.05. The Morgan fingerprint density at radius 2 is 2.11 bits per heavy atom. The van der Waals surface area contributed by atoms with Gasteiger partial charge in [-0.25, -0.2) is 4.39 Å². The van der Waals surface area contributed by atoms with Crippen LogP contribution in [0.15, 0.2) is 22.7 Å². The molecule has 0 aliphatic heterocycles. The van der Waals surface area contributed by atoms with Gasteiger partial charge in [0.05, 0.1) is 0 Å². The number of hydrogen-bond acceptors (Lipinski definition) is 2. The standard InChI is InChI=1S/C12H11BrFN3O/c1-6-7(2)16-17-11(6)15-12(18)8-3-9(13)5-10(14)4-8/h3-5H,1-2H3,(H2,15,16,17,18). The summed E-state index contributed by atoms with van der Waals surface area (Å²) in [7, 11) is 0. The SMILES string of the molecule is Cc1[nH]nc(NC(=O)c2cc(F)cc(Br)c2)c1C. The number of benzene rings is 1. The molecule has 1 aromatic heterocycles. The summed E-state index contributed by atoms with van der Waals surface area (Å²) in [5.74, 6) is -0.410. The molecule has 1 aromatic carbocycles. The normalized spacial score (nSPS) is 10.4. The molecule has 0 spiro atoms. The molecule has 0 atom stereocenters. The van der Waals surface area contributed by atoms with Crippen LogP contribution in [-0.4, -0.2) is 16.1 Å². The molecule has 2 rings (SSSR count). The second kappa shape index (κ2) is 4.89. The molecule has 0 aliphatic carbocycles. The Labute approximate surface area is 112 Å². The van der Waals surface area contributed by atoms with Gasteiger partial charge in [0.2, 0.25) is 0 Å². The molecule has 2 aromatic rings. The first-order chi connectivity index (χ1) is 8.47. The number of aromatic nitrogens is 2. The average molecular weight is 312 g/mol. The Bertz CT molecular complexity index is 589. The Kier molecular flexibility index (Phi) is 3.47. The largest absolute Gasteiger partial charge is 0.305 e. The van der Waals surface area contributed by atoms with Gasteiger partial charge in [-0.05, 0) is 32.0 Å². The molecule has 0 radical (unpaired) electrons. The number of aromatic amines is 1. The molecular formula is C12H11BrFN3O. The van der Waals surface area contributed by atoms with Crippen LogP contribution in [0.5, 0.6) is 0 Å². The van der Waals surface area contributed by atoms with Gasteiger partial charge in [-0.3, -0.25) is 9.89 Å². The second-order valence-electron chi connectivity index (χ2n) is 3.93. The van der Waals surface area contributed by atoms with Gasteiger partial charge in [-0.2, -0.15) is 5.10 Å². The summed E-state index contributed by atoms with van der Waals surface area (Å²) in [4.78, 5) is 11.9. The van der Waals surface area contributed by atoms with E-state index in [4.69, 9.17) is 0 Å². The third kappa shape index (κ3) is 2.59. The van der Waals surface area contributed by atoms with Crippen LogP contribution in [0.1, 0.15) is 21.6 Å². The molecule has 0 fully saturated rings. The zero-order valence-corrected chi connectivity index (χ0v) is 11.4. The van der Waals surface area contributed by atoms with Gasteiger partial charge in [-0.1, -0.05) is 15.9 Å². The zero-order valence-electron chi connectivity index (χ0n) is 9.84. The van der Waals surface area contributed by atoms with Crippen molar-refractivity contribution in [2.75, 3.05) is 5.32 Å². The van der Waals surface area contributed by atoms with E-state index in [1.54, 1.807) is 6.07 Å². The molecule has 0 saturated carbocycles. The summed E-state index contributed by atoms with van der Waals surface area (Å²) < 4.78 is 13.7. The predicted octanol–water partition coefficient (Wildman–Crippen LogP) is 3.18. The van der Waals surface area contributed by atoms with E-state index in [1.165, 1.54) is 12.1 Å². The molecule has 2 N–H and O–H groups in total. The van der Waals surface area contributed by atoms with E-state index in [2.05, 4.69) is 31.4 Å². The highest BCUT2D eigenvalue weighted by Gasteiger charge is 2.12. The molecule has 1 heterocycles. The van der Waals surface area contributed by atoms with Crippen molar-refractivity contribution in [2.45, 2.75) is 13.8 Å². The second-order valence-corrected chi connectivity index (χ2v) is 4.85. The van der Waals surface area contributed by atoms with Gasteiger partial charge < -0.3 is 5.32 Å². The van der Waals surface area contributed by atoms with E-state index in [1.807, 2.05) is 13.8 Å². The van der Waals surface area contributed by atoms with Crippen molar-refractivity contribution in [3.05, 3.63) is 45.3 Å². The summed E-state index contributed by atoms with van der Waals surface area (Å²) in [5, 5.41) is 9.36. The lowest BCUT2D eigenvalue weighted by Crippen LogP contribution is -2.13. The molecule has 94 valence electrons. The van der Waals surface area contributed by atoms with Crippen LogP contribution in [0.25, 0.3) is 0 Å². The van der Waals surface area contributed by atoms with E-state index in [0.717, 1.165) is 11.3 Å². The Morgan fingerprint density at radius 1 is 1.39 bits per heavy atom. The fourth-order valence-electron chi connectivity index (χ4n) is 1.47. The van der Waals surface area contributed by atoms with Crippen LogP contribution >= 0.6 is 15.9 Å². The fourth-order valence-corrected chi connectivity index (χ4v) is 1.94. The van der Waals surface area contributed by atoms with Gasteiger partial charge >= 0.3 is 0 Å². The average Bonchev–Trinajstić information content (AvgIpc) is 2.59. The van der Waals surface area contributed by atoms with E-state index in [-0.39, 0.29) is 5.56 Å². The molecular weight excluding hydrogens is 301 g/mol. The Morgan fingerprint density at radius 3 is 2.67 bits per heavy atom. The highest BCUT2D eigenvalue weighted by atomic mass is 79.9. The van der Waals surface area contributed by atoms with Crippen LogP contribution < -0.4 is 5.32 Å². The number of nitrogens with zero attached hydrogens (tertiary/aromatic N) is 1. The third-order valence-electron chi connectivity index (χ3n) is 2.61. The van der Waals surface area contributed by atoms with Gasteiger partial charge in [0.1, 0.15) is 5.82 Å². The monoisotopic (exact) mass is 311 g/mol. The van der Waals surface area contributed by atoms with Crippen LogP contribution in [0.2, 0.25) is 0 Å². The van der Waals surface area contributed by atoms with Crippen molar-refractivity contribution in [3.8, 4) is 0 Å². The number of amides is 1. The lowest BCUT2D eigenvalue weighted by Gasteiger charge is -2.04. The summed E-state index contributed by atoms with van der Waals surface area (Å²) in [6, 6.07) is 4.02. The van der Waals surface area contributed by atoms with Gasteiger partial charge in [0, 0.05) is 21.3 Å². The van der Waals surface area contributed by atoms with E-state index >= 15 is 0 Å². The van der Waals surface area contributed by atoms with Crippen molar-refractivity contribution in [2.24, 2.45) is 0 Å². The summed E-state index contributed by atoms with van der Waals surface area (Å²) in [5.41, 5.74) is 1.98. The molecule has 0 aliphatic rings. The van der Waals surface area contributed by atoms with Crippen molar-refractivity contribution in [1.29, 1.82) is 0 Å². The number of aryl methyl sites for hydroxylation is 1. The first kappa shape index (κ1) is 12.8. The molecule has 0 bridgehead atoms. The molecule has 1 amide bonds. The van der Waals surface area contributed by atoms with E-state index in [0.29, 0.717) is 10.3 Å². The summed E-state index contributed by atoms with van der Waals surface area (Å²) in [6.07, 6.45) is 0. The van der Waals surface area contributed by atoms with Crippen LogP contribution in [0.3, 0.4) is 0 Å². The minimum atomic E-state index is -0.468. The van der Waals surface area contributed by atoms with E-state index < -0.39 is 11.7 Å². The van der Waals surface area contributed by atoms with Gasteiger partial charge in [0.25, 0.3) is 5.91 Å².